The van der Waals surface area contributed by atoms with E-state index in [0.29, 0.717) is 11.8 Å². The molecule has 1 unspecified atom stereocenters. The summed E-state index contributed by atoms with van der Waals surface area (Å²) in [6.07, 6.45) is 0.666. The number of phenols is 1. The molecule has 0 spiro atoms. The molecule has 2 aromatic rings. The minimum atomic E-state index is -0.578. The first-order valence-corrected chi connectivity index (χ1v) is 7.61. The molecular formula is C16H15BrFNO2. The molecule has 0 radical (unpaired) electrons. The molecule has 21 heavy (non-hydrogen) atoms. The van der Waals surface area contributed by atoms with Crippen LogP contribution >= 0.6 is 15.9 Å². The van der Waals surface area contributed by atoms with Gasteiger partial charge in [0.15, 0.2) is 0 Å². The number of halogens is 2. The predicted molar refractivity (Wildman–Crippen MR) is 83.3 cm³/mol. The molecule has 2 N–H and O–H groups in total. The topological polar surface area (TPSA) is 49.3 Å². The van der Waals surface area contributed by atoms with Crippen LogP contribution in [0.5, 0.6) is 5.75 Å². The summed E-state index contributed by atoms with van der Waals surface area (Å²) in [5.74, 6) is -1.36. The van der Waals surface area contributed by atoms with Gasteiger partial charge in [0.25, 0.3) is 5.91 Å². The summed E-state index contributed by atoms with van der Waals surface area (Å²) in [5, 5.41) is 13.0. The second-order valence-corrected chi connectivity index (χ2v) is 5.32. The largest absolute Gasteiger partial charge is 0.507 e. The summed E-state index contributed by atoms with van der Waals surface area (Å²) >= 11 is 3.37. The number of benzene rings is 2. The van der Waals surface area contributed by atoms with E-state index in [9.17, 15) is 14.3 Å². The van der Waals surface area contributed by atoms with Gasteiger partial charge in [-0.15, -0.1) is 0 Å². The lowest BCUT2D eigenvalue weighted by Gasteiger charge is -2.17. The number of nitrogens with one attached hydrogen (secondary N) is 1. The number of phenolic OH excluding ortho intramolecular Hbond substituents is 1. The van der Waals surface area contributed by atoms with Gasteiger partial charge < -0.3 is 10.4 Å². The molecule has 0 aliphatic heterocycles. The van der Waals surface area contributed by atoms with Gasteiger partial charge in [-0.1, -0.05) is 46.3 Å². The number of rotatable bonds is 5. The fraction of sp³-hybridized carbons (Fsp3) is 0.188. The van der Waals surface area contributed by atoms with E-state index in [0.717, 1.165) is 17.7 Å². The maximum Gasteiger partial charge on any atom is 0.255 e. The zero-order valence-electron chi connectivity index (χ0n) is 11.2. The lowest BCUT2D eigenvalue weighted by atomic mass is 10.1. The minimum absolute atomic E-state index is 0.0652. The smallest absolute Gasteiger partial charge is 0.255 e. The quantitative estimate of drug-likeness (QED) is 0.812. The van der Waals surface area contributed by atoms with Gasteiger partial charge >= 0.3 is 0 Å². The molecule has 2 aromatic carbocycles. The van der Waals surface area contributed by atoms with Crippen LogP contribution in [0.1, 0.15) is 15.9 Å². The fourth-order valence-corrected chi connectivity index (χ4v) is 2.39. The molecular weight excluding hydrogens is 337 g/mol. The van der Waals surface area contributed by atoms with Crippen molar-refractivity contribution in [3.8, 4) is 5.75 Å². The maximum atomic E-state index is 12.9. The number of hydrogen-bond acceptors (Lipinski definition) is 2. The van der Waals surface area contributed by atoms with Gasteiger partial charge in [-0.25, -0.2) is 4.39 Å². The van der Waals surface area contributed by atoms with Crippen molar-refractivity contribution in [2.75, 3.05) is 5.33 Å². The number of carbonyl (C=O) groups is 1. The van der Waals surface area contributed by atoms with Crippen molar-refractivity contribution in [3.05, 3.63) is 65.5 Å². The summed E-state index contributed by atoms with van der Waals surface area (Å²) < 4.78 is 12.9. The highest BCUT2D eigenvalue weighted by Crippen LogP contribution is 2.18. The van der Waals surface area contributed by atoms with Crippen LogP contribution in [-0.4, -0.2) is 22.4 Å². The van der Waals surface area contributed by atoms with E-state index in [1.165, 1.54) is 6.07 Å². The normalized spacial score (nSPS) is 11.9. The number of alkyl halides is 1. The van der Waals surface area contributed by atoms with E-state index in [2.05, 4.69) is 21.2 Å². The van der Waals surface area contributed by atoms with E-state index >= 15 is 0 Å². The summed E-state index contributed by atoms with van der Waals surface area (Å²) in [4.78, 5) is 12.1. The Balaban J connectivity index is 2.06. The molecule has 0 fully saturated rings. The second kappa shape index (κ2) is 7.22. The monoisotopic (exact) mass is 351 g/mol. The Morgan fingerprint density at radius 2 is 1.95 bits per heavy atom. The first kappa shape index (κ1) is 15.5. The van der Waals surface area contributed by atoms with Crippen molar-refractivity contribution < 1.29 is 14.3 Å². The van der Waals surface area contributed by atoms with Gasteiger partial charge in [0.2, 0.25) is 0 Å². The molecule has 0 bridgehead atoms. The number of aromatic hydroxyl groups is 1. The van der Waals surface area contributed by atoms with Crippen molar-refractivity contribution in [1.29, 1.82) is 0 Å². The molecule has 0 heterocycles. The average Bonchev–Trinajstić information content (AvgIpc) is 2.47. The van der Waals surface area contributed by atoms with Crippen LogP contribution in [0.2, 0.25) is 0 Å². The van der Waals surface area contributed by atoms with E-state index in [1.807, 2.05) is 30.3 Å². The first-order chi connectivity index (χ1) is 10.1. The molecule has 110 valence electrons. The first-order valence-electron chi connectivity index (χ1n) is 6.49. The SMILES string of the molecule is O=C(NC(CBr)Cc1ccccc1)c1ccc(F)cc1O. The van der Waals surface area contributed by atoms with Crippen molar-refractivity contribution in [2.45, 2.75) is 12.5 Å². The van der Waals surface area contributed by atoms with E-state index in [-0.39, 0.29) is 17.4 Å². The third-order valence-electron chi connectivity index (χ3n) is 3.05. The van der Waals surface area contributed by atoms with Gasteiger partial charge in [-0.05, 0) is 24.1 Å². The Morgan fingerprint density at radius 3 is 2.57 bits per heavy atom. The van der Waals surface area contributed by atoms with Crippen LogP contribution in [0.3, 0.4) is 0 Å². The Kier molecular flexibility index (Phi) is 5.33. The Labute approximate surface area is 130 Å². The Bertz CT molecular complexity index is 619. The molecule has 0 saturated carbocycles. The third-order valence-corrected chi connectivity index (χ3v) is 3.83. The third kappa shape index (κ3) is 4.29. The standard InChI is InChI=1S/C16H15BrFNO2/c17-10-13(8-11-4-2-1-3-5-11)19-16(21)14-7-6-12(18)9-15(14)20/h1-7,9,13,20H,8,10H2,(H,19,21). The Morgan fingerprint density at radius 1 is 1.24 bits per heavy atom. The van der Waals surface area contributed by atoms with E-state index in [1.54, 1.807) is 0 Å². The summed E-state index contributed by atoms with van der Waals surface area (Å²) in [5.41, 5.74) is 1.17. The fourth-order valence-electron chi connectivity index (χ4n) is 2.00. The van der Waals surface area contributed by atoms with Crippen LogP contribution in [0, 0.1) is 5.82 Å². The van der Waals surface area contributed by atoms with Crippen molar-refractivity contribution in [3.63, 3.8) is 0 Å². The number of amides is 1. The van der Waals surface area contributed by atoms with Crippen LogP contribution in [0.25, 0.3) is 0 Å². The van der Waals surface area contributed by atoms with Crippen LogP contribution in [-0.2, 0) is 6.42 Å². The van der Waals surface area contributed by atoms with Crippen LogP contribution in [0.4, 0.5) is 4.39 Å². The highest BCUT2D eigenvalue weighted by Gasteiger charge is 2.16. The molecule has 0 saturated heterocycles. The van der Waals surface area contributed by atoms with Gasteiger partial charge in [0.05, 0.1) is 5.56 Å². The minimum Gasteiger partial charge on any atom is -0.507 e. The van der Waals surface area contributed by atoms with Crippen LogP contribution in [0.15, 0.2) is 48.5 Å². The van der Waals surface area contributed by atoms with Crippen LogP contribution < -0.4 is 5.32 Å². The van der Waals surface area contributed by atoms with Crippen molar-refractivity contribution in [1.82, 2.24) is 5.32 Å². The summed E-state index contributed by atoms with van der Waals surface area (Å²) in [6, 6.07) is 13.0. The van der Waals surface area contributed by atoms with Gasteiger partial charge in [0.1, 0.15) is 11.6 Å². The molecule has 0 aromatic heterocycles. The molecule has 0 aliphatic rings. The van der Waals surface area contributed by atoms with Gasteiger partial charge in [-0.3, -0.25) is 4.79 Å². The molecule has 1 amide bonds. The Hall–Kier alpha value is -1.88. The molecule has 0 aliphatic carbocycles. The van der Waals surface area contributed by atoms with Gasteiger partial charge in [0, 0.05) is 17.4 Å². The second-order valence-electron chi connectivity index (χ2n) is 4.68. The van der Waals surface area contributed by atoms with Crippen molar-refractivity contribution in [2.24, 2.45) is 0 Å². The number of hydrogen-bond donors (Lipinski definition) is 2. The predicted octanol–water partition coefficient (Wildman–Crippen LogP) is 3.27. The molecule has 2 rings (SSSR count). The highest BCUT2D eigenvalue weighted by molar-refractivity contribution is 9.09. The van der Waals surface area contributed by atoms with Crippen molar-refractivity contribution >= 4 is 21.8 Å². The molecule has 1 atom stereocenters. The zero-order valence-corrected chi connectivity index (χ0v) is 12.8. The summed E-state index contributed by atoms with van der Waals surface area (Å²) in [6.45, 7) is 0. The van der Waals surface area contributed by atoms with Gasteiger partial charge in [-0.2, -0.15) is 0 Å². The highest BCUT2D eigenvalue weighted by atomic mass is 79.9. The van der Waals surface area contributed by atoms with E-state index < -0.39 is 11.7 Å². The summed E-state index contributed by atoms with van der Waals surface area (Å²) in [7, 11) is 0. The number of carbonyl (C=O) groups excluding carboxylic acids is 1. The maximum absolute atomic E-state index is 12.9. The lowest BCUT2D eigenvalue weighted by molar-refractivity contribution is 0.0938. The lowest BCUT2D eigenvalue weighted by Crippen LogP contribution is -2.37. The zero-order chi connectivity index (χ0) is 15.2. The molecule has 3 nitrogen and oxygen atoms in total. The molecule has 5 heteroatoms. The van der Waals surface area contributed by atoms with E-state index in [4.69, 9.17) is 0 Å². The average molecular weight is 352 g/mol.